The van der Waals surface area contributed by atoms with Gasteiger partial charge >= 0.3 is 0 Å². The zero-order chi connectivity index (χ0) is 9.84. The monoisotopic (exact) mass is 203 g/mol. The van der Waals surface area contributed by atoms with E-state index in [0.717, 1.165) is 0 Å². The molecule has 0 saturated carbocycles. The van der Waals surface area contributed by atoms with Crippen LogP contribution in [0.3, 0.4) is 0 Å². The lowest BCUT2D eigenvalue weighted by molar-refractivity contribution is 0.538. The van der Waals surface area contributed by atoms with Crippen molar-refractivity contribution in [3.05, 3.63) is 35.4 Å². The van der Waals surface area contributed by atoms with Gasteiger partial charge in [0.1, 0.15) is 11.6 Å². The Balaban J connectivity index is 2.98. The third-order valence-corrected chi connectivity index (χ3v) is 2.41. The summed E-state index contributed by atoms with van der Waals surface area (Å²) in [6.45, 7) is 0. The SMILES string of the molecule is CSCC(N)c1c(F)cccc1F. The standard InChI is InChI=1S/C9H11F2NS/c1-13-5-8(12)9-6(10)3-2-4-7(9)11/h2-4,8H,5,12H2,1H3. The highest BCUT2D eigenvalue weighted by molar-refractivity contribution is 7.98. The predicted molar refractivity (Wildman–Crippen MR) is 51.7 cm³/mol. The molecule has 0 saturated heterocycles. The summed E-state index contributed by atoms with van der Waals surface area (Å²) in [5, 5.41) is 0. The van der Waals surface area contributed by atoms with E-state index in [4.69, 9.17) is 5.73 Å². The van der Waals surface area contributed by atoms with Crippen molar-refractivity contribution in [3.63, 3.8) is 0 Å². The molecule has 2 N–H and O–H groups in total. The molecule has 1 atom stereocenters. The largest absolute Gasteiger partial charge is 0.323 e. The van der Waals surface area contributed by atoms with E-state index < -0.39 is 17.7 Å². The Morgan fingerprint density at radius 2 is 1.92 bits per heavy atom. The van der Waals surface area contributed by atoms with Gasteiger partial charge in [-0.25, -0.2) is 8.78 Å². The fraction of sp³-hybridized carbons (Fsp3) is 0.333. The maximum Gasteiger partial charge on any atom is 0.130 e. The van der Waals surface area contributed by atoms with Gasteiger partial charge in [0.15, 0.2) is 0 Å². The van der Waals surface area contributed by atoms with Gasteiger partial charge in [0, 0.05) is 17.4 Å². The zero-order valence-electron chi connectivity index (χ0n) is 7.26. The molecule has 0 fully saturated rings. The lowest BCUT2D eigenvalue weighted by Gasteiger charge is -2.11. The average molecular weight is 203 g/mol. The highest BCUT2D eigenvalue weighted by Gasteiger charge is 2.15. The molecule has 0 radical (unpaired) electrons. The first kappa shape index (κ1) is 10.5. The van der Waals surface area contributed by atoms with E-state index in [1.807, 2.05) is 6.26 Å². The van der Waals surface area contributed by atoms with Crippen LogP contribution < -0.4 is 5.73 Å². The Morgan fingerprint density at radius 3 is 2.38 bits per heavy atom. The molecule has 0 aromatic heterocycles. The maximum absolute atomic E-state index is 13.1. The Kier molecular flexibility index (Phi) is 3.69. The summed E-state index contributed by atoms with van der Waals surface area (Å²) in [5.41, 5.74) is 5.59. The smallest absolute Gasteiger partial charge is 0.130 e. The Morgan fingerprint density at radius 1 is 1.38 bits per heavy atom. The molecule has 0 spiro atoms. The van der Waals surface area contributed by atoms with Gasteiger partial charge in [0.2, 0.25) is 0 Å². The van der Waals surface area contributed by atoms with Crippen molar-refractivity contribution in [2.45, 2.75) is 6.04 Å². The van der Waals surface area contributed by atoms with Gasteiger partial charge < -0.3 is 5.73 Å². The highest BCUT2D eigenvalue weighted by atomic mass is 32.2. The van der Waals surface area contributed by atoms with Crippen molar-refractivity contribution in [2.24, 2.45) is 5.73 Å². The van der Waals surface area contributed by atoms with E-state index in [-0.39, 0.29) is 5.56 Å². The lowest BCUT2D eigenvalue weighted by Crippen LogP contribution is -2.16. The predicted octanol–water partition coefficient (Wildman–Crippen LogP) is 2.33. The van der Waals surface area contributed by atoms with Gasteiger partial charge in [-0.05, 0) is 18.4 Å². The van der Waals surface area contributed by atoms with E-state index in [1.165, 1.54) is 30.0 Å². The van der Waals surface area contributed by atoms with Gasteiger partial charge in [-0.3, -0.25) is 0 Å². The van der Waals surface area contributed by atoms with Crippen LogP contribution >= 0.6 is 11.8 Å². The first-order chi connectivity index (χ1) is 6.16. The third-order valence-electron chi connectivity index (χ3n) is 1.72. The van der Waals surface area contributed by atoms with Crippen LogP contribution in [0.15, 0.2) is 18.2 Å². The number of rotatable bonds is 3. The highest BCUT2D eigenvalue weighted by Crippen LogP contribution is 2.20. The number of benzene rings is 1. The molecule has 13 heavy (non-hydrogen) atoms. The Bertz CT molecular complexity index is 271. The van der Waals surface area contributed by atoms with Crippen molar-refractivity contribution < 1.29 is 8.78 Å². The summed E-state index contributed by atoms with van der Waals surface area (Å²) in [6, 6.07) is 3.20. The molecule has 0 heterocycles. The van der Waals surface area contributed by atoms with Crippen LogP contribution in [0, 0.1) is 11.6 Å². The Labute approximate surface area is 80.3 Å². The number of nitrogens with two attached hydrogens (primary N) is 1. The lowest BCUT2D eigenvalue weighted by atomic mass is 10.1. The van der Waals surface area contributed by atoms with Crippen molar-refractivity contribution in [1.82, 2.24) is 0 Å². The van der Waals surface area contributed by atoms with Gasteiger partial charge in [0.25, 0.3) is 0 Å². The van der Waals surface area contributed by atoms with E-state index in [1.54, 1.807) is 0 Å². The van der Waals surface area contributed by atoms with Crippen LogP contribution in [0.2, 0.25) is 0 Å². The van der Waals surface area contributed by atoms with Gasteiger partial charge in [-0.15, -0.1) is 0 Å². The van der Waals surface area contributed by atoms with Crippen LogP contribution in [0.1, 0.15) is 11.6 Å². The molecule has 72 valence electrons. The normalized spacial score (nSPS) is 12.9. The third kappa shape index (κ3) is 2.42. The van der Waals surface area contributed by atoms with Gasteiger partial charge in [-0.2, -0.15) is 11.8 Å². The second-order valence-electron chi connectivity index (χ2n) is 2.70. The summed E-state index contributed by atoms with van der Waals surface area (Å²) < 4.78 is 26.2. The van der Waals surface area contributed by atoms with Crippen LogP contribution in [0.5, 0.6) is 0 Å². The summed E-state index contributed by atoms with van der Waals surface area (Å²) in [4.78, 5) is 0. The minimum Gasteiger partial charge on any atom is -0.323 e. The van der Waals surface area contributed by atoms with E-state index >= 15 is 0 Å². The topological polar surface area (TPSA) is 26.0 Å². The molecule has 0 amide bonds. The molecule has 1 nitrogen and oxygen atoms in total. The Hall–Kier alpha value is -0.610. The molecule has 4 heteroatoms. The van der Waals surface area contributed by atoms with Gasteiger partial charge in [0.05, 0.1) is 0 Å². The van der Waals surface area contributed by atoms with E-state index in [9.17, 15) is 8.78 Å². The molecular formula is C9H11F2NS. The molecule has 0 aliphatic carbocycles. The summed E-state index contributed by atoms with van der Waals surface area (Å²) >= 11 is 1.46. The van der Waals surface area contributed by atoms with Crippen LogP contribution in [0.25, 0.3) is 0 Å². The fourth-order valence-corrected chi connectivity index (χ4v) is 1.65. The van der Waals surface area contributed by atoms with E-state index in [0.29, 0.717) is 5.75 Å². The van der Waals surface area contributed by atoms with E-state index in [2.05, 4.69) is 0 Å². The molecule has 1 rings (SSSR count). The number of hydrogen-bond donors (Lipinski definition) is 1. The summed E-state index contributed by atoms with van der Waals surface area (Å²) in [7, 11) is 0. The van der Waals surface area contributed by atoms with Crippen molar-refractivity contribution >= 4 is 11.8 Å². The zero-order valence-corrected chi connectivity index (χ0v) is 8.07. The molecule has 0 bridgehead atoms. The van der Waals surface area contributed by atoms with Gasteiger partial charge in [-0.1, -0.05) is 6.07 Å². The maximum atomic E-state index is 13.1. The molecular weight excluding hydrogens is 192 g/mol. The quantitative estimate of drug-likeness (QED) is 0.816. The first-order valence-electron chi connectivity index (χ1n) is 3.85. The number of hydrogen-bond acceptors (Lipinski definition) is 2. The molecule has 1 aromatic rings. The van der Waals surface area contributed by atoms with Crippen molar-refractivity contribution in [1.29, 1.82) is 0 Å². The minimum atomic E-state index is -0.573. The number of halogens is 2. The minimum absolute atomic E-state index is 0.0168. The molecule has 0 aliphatic rings. The van der Waals surface area contributed by atoms with Crippen molar-refractivity contribution in [2.75, 3.05) is 12.0 Å². The van der Waals surface area contributed by atoms with Crippen molar-refractivity contribution in [3.8, 4) is 0 Å². The summed E-state index contributed by atoms with van der Waals surface area (Å²) in [5.74, 6) is -0.624. The second-order valence-corrected chi connectivity index (χ2v) is 3.61. The molecule has 1 unspecified atom stereocenters. The average Bonchev–Trinajstić information content (AvgIpc) is 2.04. The summed E-state index contributed by atoms with van der Waals surface area (Å²) in [6.07, 6.45) is 1.85. The van der Waals surface area contributed by atoms with Crippen LogP contribution in [-0.4, -0.2) is 12.0 Å². The van der Waals surface area contributed by atoms with Crippen LogP contribution in [-0.2, 0) is 0 Å². The molecule has 0 aliphatic heterocycles. The first-order valence-corrected chi connectivity index (χ1v) is 5.24. The number of thioether (sulfide) groups is 1. The second kappa shape index (κ2) is 4.58. The molecule has 1 aromatic carbocycles. The van der Waals surface area contributed by atoms with Crippen LogP contribution in [0.4, 0.5) is 8.78 Å². The fourth-order valence-electron chi connectivity index (χ4n) is 1.13.